The predicted octanol–water partition coefficient (Wildman–Crippen LogP) is 3.15. The number of aryl methyl sites for hydroxylation is 4. The first kappa shape index (κ1) is 23.4. The van der Waals surface area contributed by atoms with Crippen LogP contribution in [-0.4, -0.2) is 30.0 Å². The molecule has 0 radical (unpaired) electrons. The van der Waals surface area contributed by atoms with Gasteiger partial charge in [-0.05, 0) is 31.4 Å². The first-order valence-corrected chi connectivity index (χ1v) is 11.4. The van der Waals surface area contributed by atoms with Crippen molar-refractivity contribution in [1.29, 1.82) is 0 Å². The third-order valence-corrected chi connectivity index (χ3v) is 5.44. The van der Waals surface area contributed by atoms with E-state index in [4.69, 9.17) is 0 Å². The number of hydrogen-bond acceptors (Lipinski definition) is 5. The zero-order valence-electron chi connectivity index (χ0n) is 19.1. The zero-order valence-corrected chi connectivity index (χ0v) is 19.1. The van der Waals surface area contributed by atoms with Crippen molar-refractivity contribution in [2.45, 2.75) is 78.8 Å². The van der Waals surface area contributed by atoms with Crippen molar-refractivity contribution < 1.29 is 4.79 Å². The van der Waals surface area contributed by atoms with E-state index in [2.05, 4.69) is 27.2 Å². The fourth-order valence-corrected chi connectivity index (χ4v) is 3.67. The number of pyridine rings is 1. The van der Waals surface area contributed by atoms with Crippen molar-refractivity contribution in [3.8, 4) is 0 Å². The molecule has 0 fully saturated rings. The first-order valence-electron chi connectivity index (χ1n) is 11.4. The summed E-state index contributed by atoms with van der Waals surface area (Å²) in [4.78, 5) is 48.9. The minimum absolute atomic E-state index is 0.175. The molecule has 32 heavy (non-hydrogen) atoms. The number of nitrogens with one attached hydrogen (secondary N) is 2. The molecular weight excluding hydrogens is 408 g/mol. The summed E-state index contributed by atoms with van der Waals surface area (Å²) in [6.45, 7) is 7.21. The number of rotatable bonds is 11. The number of carbonyl (C=O) groups is 1. The fourth-order valence-electron chi connectivity index (χ4n) is 3.67. The molecule has 9 heteroatoms. The van der Waals surface area contributed by atoms with Crippen LogP contribution >= 0.6 is 0 Å². The van der Waals surface area contributed by atoms with Gasteiger partial charge in [0.05, 0.1) is 0 Å². The minimum Gasteiger partial charge on any atom is -0.322 e. The molecule has 0 spiro atoms. The van der Waals surface area contributed by atoms with Gasteiger partial charge in [0, 0.05) is 32.1 Å². The Balaban J connectivity index is 1.89. The standard InChI is InChI=1S/C23H32N6O3/c1-4-6-8-14-28-18(11-12-19(30)25-17-10-9-16(3)15-24-17)26-21-20(28)22(31)27-23(32)29(21)13-7-5-2/h9-10,15H,4-8,11-14H2,1-3H3,(H,24,25,30)(H,27,31,32). The van der Waals surface area contributed by atoms with Crippen molar-refractivity contribution in [2.24, 2.45) is 0 Å². The molecule has 0 saturated heterocycles. The number of aromatic nitrogens is 5. The lowest BCUT2D eigenvalue weighted by molar-refractivity contribution is -0.116. The highest BCUT2D eigenvalue weighted by atomic mass is 16.2. The summed E-state index contributed by atoms with van der Waals surface area (Å²) in [7, 11) is 0. The summed E-state index contributed by atoms with van der Waals surface area (Å²) in [5, 5.41) is 2.79. The maximum absolute atomic E-state index is 12.7. The molecule has 0 bridgehead atoms. The Labute approximate surface area is 186 Å². The number of fused-ring (bicyclic) bond motifs is 1. The summed E-state index contributed by atoms with van der Waals surface area (Å²) >= 11 is 0. The normalized spacial score (nSPS) is 11.2. The maximum Gasteiger partial charge on any atom is 0.330 e. The van der Waals surface area contributed by atoms with Crippen LogP contribution in [0, 0.1) is 6.92 Å². The van der Waals surface area contributed by atoms with Gasteiger partial charge in [-0.3, -0.25) is 19.1 Å². The van der Waals surface area contributed by atoms with E-state index in [1.165, 1.54) is 4.57 Å². The van der Waals surface area contributed by atoms with Crippen molar-refractivity contribution in [3.63, 3.8) is 0 Å². The molecule has 3 rings (SSSR count). The Morgan fingerprint density at radius 3 is 2.50 bits per heavy atom. The van der Waals surface area contributed by atoms with Gasteiger partial charge in [-0.15, -0.1) is 0 Å². The smallest absolute Gasteiger partial charge is 0.322 e. The average molecular weight is 441 g/mol. The minimum atomic E-state index is -0.441. The number of amides is 1. The second-order valence-electron chi connectivity index (χ2n) is 8.09. The molecule has 3 aromatic heterocycles. The summed E-state index contributed by atoms with van der Waals surface area (Å²) < 4.78 is 3.42. The highest BCUT2D eigenvalue weighted by Gasteiger charge is 2.19. The predicted molar refractivity (Wildman–Crippen MR) is 125 cm³/mol. The first-order chi connectivity index (χ1) is 15.4. The van der Waals surface area contributed by atoms with Crippen LogP contribution < -0.4 is 16.6 Å². The molecule has 0 aromatic carbocycles. The summed E-state index contributed by atoms with van der Waals surface area (Å²) in [5.74, 6) is 0.970. The van der Waals surface area contributed by atoms with Crippen LogP contribution in [-0.2, 0) is 24.3 Å². The SMILES string of the molecule is CCCCCn1c(CCC(=O)Nc2ccc(C)cn2)nc2c1c(=O)[nH]c(=O)n2CCCC. The quantitative estimate of drug-likeness (QED) is 0.445. The second kappa shape index (κ2) is 10.9. The van der Waals surface area contributed by atoms with E-state index in [1.807, 2.05) is 24.5 Å². The molecule has 9 nitrogen and oxygen atoms in total. The van der Waals surface area contributed by atoms with Crippen LogP contribution in [0.1, 0.15) is 63.8 Å². The molecule has 3 aromatic rings. The number of unbranched alkanes of at least 4 members (excludes halogenated alkanes) is 3. The number of carbonyl (C=O) groups excluding carboxylic acids is 1. The lowest BCUT2D eigenvalue weighted by atomic mass is 10.2. The van der Waals surface area contributed by atoms with Crippen LogP contribution in [0.4, 0.5) is 5.82 Å². The number of hydrogen-bond donors (Lipinski definition) is 2. The van der Waals surface area contributed by atoms with Crippen LogP contribution in [0.2, 0.25) is 0 Å². The Hall–Kier alpha value is -3.23. The van der Waals surface area contributed by atoms with Crippen molar-refractivity contribution >= 4 is 22.9 Å². The molecule has 2 N–H and O–H groups in total. The molecule has 1 amide bonds. The van der Waals surface area contributed by atoms with Crippen LogP contribution in [0.5, 0.6) is 0 Å². The fraction of sp³-hybridized carbons (Fsp3) is 0.522. The lowest BCUT2D eigenvalue weighted by Gasteiger charge is -2.09. The summed E-state index contributed by atoms with van der Waals surface area (Å²) in [6.07, 6.45) is 6.95. The van der Waals surface area contributed by atoms with E-state index >= 15 is 0 Å². The lowest BCUT2D eigenvalue weighted by Crippen LogP contribution is -2.31. The molecule has 0 aliphatic carbocycles. The molecule has 0 aliphatic rings. The largest absolute Gasteiger partial charge is 0.330 e. The van der Waals surface area contributed by atoms with Crippen molar-refractivity contribution in [3.05, 3.63) is 50.6 Å². The average Bonchev–Trinajstić information content (AvgIpc) is 3.13. The Bertz CT molecular complexity index is 1170. The van der Waals surface area contributed by atoms with Gasteiger partial charge in [-0.25, -0.2) is 14.8 Å². The van der Waals surface area contributed by atoms with Crippen LogP contribution in [0.25, 0.3) is 11.2 Å². The Kier molecular flexibility index (Phi) is 7.97. The summed E-state index contributed by atoms with van der Waals surface area (Å²) in [5.41, 5.74) is 0.958. The van der Waals surface area contributed by atoms with E-state index < -0.39 is 11.2 Å². The van der Waals surface area contributed by atoms with E-state index in [0.717, 1.165) is 37.7 Å². The molecule has 0 aliphatic heterocycles. The van der Waals surface area contributed by atoms with Gasteiger partial charge in [0.2, 0.25) is 5.91 Å². The Morgan fingerprint density at radius 2 is 1.81 bits per heavy atom. The van der Waals surface area contributed by atoms with Crippen LogP contribution in [0.15, 0.2) is 27.9 Å². The molecular formula is C23H32N6O3. The number of aromatic amines is 1. The van der Waals surface area contributed by atoms with Crippen molar-refractivity contribution in [2.75, 3.05) is 5.32 Å². The van der Waals surface area contributed by atoms with Gasteiger partial charge in [-0.2, -0.15) is 0 Å². The van der Waals surface area contributed by atoms with E-state index in [-0.39, 0.29) is 12.3 Å². The Morgan fingerprint density at radius 1 is 1.06 bits per heavy atom. The summed E-state index contributed by atoms with van der Waals surface area (Å²) in [6, 6.07) is 3.65. The molecule has 3 heterocycles. The highest BCUT2D eigenvalue weighted by molar-refractivity contribution is 5.89. The monoisotopic (exact) mass is 440 g/mol. The number of imidazole rings is 1. The second-order valence-corrected chi connectivity index (χ2v) is 8.09. The number of anilines is 1. The van der Waals surface area contributed by atoms with Crippen molar-refractivity contribution in [1.82, 2.24) is 24.1 Å². The van der Waals surface area contributed by atoms with Gasteiger partial charge in [-0.1, -0.05) is 39.2 Å². The van der Waals surface area contributed by atoms with Crippen LogP contribution in [0.3, 0.4) is 0 Å². The molecule has 0 unspecified atom stereocenters. The third kappa shape index (κ3) is 5.52. The van der Waals surface area contributed by atoms with E-state index in [1.54, 1.807) is 12.3 Å². The zero-order chi connectivity index (χ0) is 23.1. The number of H-pyrrole nitrogens is 1. The molecule has 172 valence electrons. The van der Waals surface area contributed by atoms with Gasteiger partial charge < -0.3 is 9.88 Å². The maximum atomic E-state index is 12.7. The molecule has 0 saturated carbocycles. The van der Waals surface area contributed by atoms with Gasteiger partial charge in [0.1, 0.15) is 11.6 Å². The topological polar surface area (TPSA) is 115 Å². The van der Waals surface area contributed by atoms with E-state index in [0.29, 0.717) is 42.3 Å². The van der Waals surface area contributed by atoms with Gasteiger partial charge >= 0.3 is 5.69 Å². The third-order valence-electron chi connectivity index (χ3n) is 5.44. The van der Waals surface area contributed by atoms with E-state index in [9.17, 15) is 14.4 Å². The molecule has 0 atom stereocenters. The van der Waals surface area contributed by atoms with Gasteiger partial charge in [0.15, 0.2) is 11.2 Å². The number of nitrogens with zero attached hydrogens (tertiary/aromatic N) is 4. The van der Waals surface area contributed by atoms with Gasteiger partial charge in [0.25, 0.3) is 5.56 Å². The highest BCUT2D eigenvalue weighted by Crippen LogP contribution is 2.16.